The van der Waals surface area contributed by atoms with Gasteiger partial charge in [-0.3, -0.25) is 4.79 Å². The molecule has 2 aliphatic rings. The smallest absolute Gasteiger partial charge is 0.317 e. The largest absolute Gasteiger partial charge is 0.481 e. The fraction of sp³-hybridized carbons (Fsp3) is 0.556. The highest BCUT2D eigenvalue weighted by Crippen LogP contribution is 2.35. The van der Waals surface area contributed by atoms with Gasteiger partial charge in [0.2, 0.25) is 0 Å². The number of hydrogen-bond donors (Lipinski definition) is 2. The molecule has 2 heterocycles. The zero-order chi connectivity index (χ0) is 17.9. The Morgan fingerprint density at radius 3 is 2.56 bits per heavy atom. The second-order valence-corrected chi connectivity index (χ2v) is 7.26. The van der Waals surface area contributed by atoms with Gasteiger partial charge >= 0.3 is 12.0 Å². The SMILES string of the molecule is O=C(O)C1CCN(C(=O)NCC2(c3ccc(Cl)cc3)CCOCC2)C1. The van der Waals surface area contributed by atoms with Crippen molar-refractivity contribution >= 4 is 23.6 Å². The number of carboxylic acids is 1. The van der Waals surface area contributed by atoms with E-state index in [4.69, 9.17) is 21.4 Å². The number of carbonyl (C=O) groups excluding carboxylic acids is 1. The summed E-state index contributed by atoms with van der Waals surface area (Å²) >= 11 is 6.00. The van der Waals surface area contributed by atoms with Gasteiger partial charge in [0.05, 0.1) is 5.92 Å². The van der Waals surface area contributed by atoms with Crippen molar-refractivity contribution in [3.05, 3.63) is 34.9 Å². The Bertz CT molecular complexity index is 628. The molecule has 25 heavy (non-hydrogen) atoms. The lowest BCUT2D eigenvalue weighted by Crippen LogP contribution is -2.48. The molecule has 2 saturated heterocycles. The maximum absolute atomic E-state index is 12.5. The van der Waals surface area contributed by atoms with Crippen molar-refractivity contribution < 1.29 is 19.4 Å². The number of ether oxygens (including phenoxy) is 1. The molecular weight excluding hydrogens is 344 g/mol. The van der Waals surface area contributed by atoms with Crippen molar-refractivity contribution in [3.8, 4) is 0 Å². The summed E-state index contributed by atoms with van der Waals surface area (Å²) in [5.74, 6) is -1.29. The van der Waals surface area contributed by atoms with Crippen molar-refractivity contribution in [3.63, 3.8) is 0 Å². The van der Waals surface area contributed by atoms with E-state index in [9.17, 15) is 9.59 Å². The first kappa shape index (κ1) is 18.0. The Morgan fingerprint density at radius 2 is 1.96 bits per heavy atom. The Balaban J connectivity index is 1.66. The van der Waals surface area contributed by atoms with E-state index < -0.39 is 11.9 Å². The van der Waals surface area contributed by atoms with E-state index in [0.717, 1.165) is 18.4 Å². The lowest BCUT2D eigenvalue weighted by Gasteiger charge is -2.38. The minimum absolute atomic E-state index is 0.176. The van der Waals surface area contributed by atoms with Crippen molar-refractivity contribution in [2.75, 3.05) is 32.8 Å². The maximum Gasteiger partial charge on any atom is 0.317 e. The van der Waals surface area contributed by atoms with Gasteiger partial charge in [0.15, 0.2) is 0 Å². The third-order valence-electron chi connectivity index (χ3n) is 5.31. The molecule has 136 valence electrons. The zero-order valence-corrected chi connectivity index (χ0v) is 14.8. The van der Waals surface area contributed by atoms with Crippen molar-refractivity contribution in [2.24, 2.45) is 5.92 Å². The average Bonchev–Trinajstić information content (AvgIpc) is 3.12. The quantitative estimate of drug-likeness (QED) is 0.858. The Kier molecular flexibility index (Phi) is 5.49. The van der Waals surface area contributed by atoms with E-state index in [2.05, 4.69) is 5.32 Å². The van der Waals surface area contributed by atoms with Crippen LogP contribution in [0.2, 0.25) is 5.02 Å². The fourth-order valence-electron chi connectivity index (χ4n) is 3.64. The number of likely N-dealkylation sites (tertiary alicyclic amines) is 1. The molecule has 1 atom stereocenters. The first-order chi connectivity index (χ1) is 12.0. The summed E-state index contributed by atoms with van der Waals surface area (Å²) < 4.78 is 5.50. The Hall–Kier alpha value is -1.79. The summed E-state index contributed by atoms with van der Waals surface area (Å²) in [4.78, 5) is 25.1. The fourth-order valence-corrected chi connectivity index (χ4v) is 3.76. The second kappa shape index (κ2) is 7.62. The highest BCUT2D eigenvalue weighted by Gasteiger charge is 2.36. The van der Waals surface area contributed by atoms with Gasteiger partial charge in [0.1, 0.15) is 0 Å². The van der Waals surface area contributed by atoms with Crippen LogP contribution in [-0.4, -0.2) is 54.9 Å². The standard InChI is InChI=1S/C18H23ClN2O4/c19-15-3-1-14(2-4-15)18(6-9-25-10-7-18)12-20-17(24)21-8-5-13(11-21)16(22)23/h1-4,13H,5-12H2,(H,20,24)(H,22,23). The summed E-state index contributed by atoms with van der Waals surface area (Å²) in [7, 11) is 0. The average molecular weight is 367 g/mol. The third-order valence-corrected chi connectivity index (χ3v) is 5.56. The molecule has 6 nitrogen and oxygen atoms in total. The third kappa shape index (κ3) is 4.07. The normalized spacial score (nSPS) is 22.6. The number of benzene rings is 1. The summed E-state index contributed by atoms with van der Waals surface area (Å²) in [6, 6.07) is 7.57. The van der Waals surface area contributed by atoms with Gasteiger partial charge in [-0.25, -0.2) is 4.79 Å². The lowest BCUT2D eigenvalue weighted by molar-refractivity contribution is -0.141. The number of nitrogens with zero attached hydrogens (tertiary/aromatic N) is 1. The van der Waals surface area contributed by atoms with Crippen LogP contribution in [0, 0.1) is 5.92 Å². The van der Waals surface area contributed by atoms with Crippen LogP contribution in [0.15, 0.2) is 24.3 Å². The first-order valence-electron chi connectivity index (χ1n) is 8.60. The number of nitrogens with one attached hydrogen (secondary N) is 1. The predicted molar refractivity (Wildman–Crippen MR) is 93.9 cm³/mol. The van der Waals surface area contributed by atoms with Gasteiger partial charge in [-0.1, -0.05) is 23.7 Å². The molecule has 0 saturated carbocycles. The molecule has 0 radical (unpaired) electrons. The van der Waals surface area contributed by atoms with E-state index in [0.29, 0.717) is 37.7 Å². The minimum atomic E-state index is -0.836. The highest BCUT2D eigenvalue weighted by atomic mass is 35.5. The number of rotatable bonds is 4. The molecule has 2 fully saturated rings. The van der Waals surface area contributed by atoms with E-state index in [-0.39, 0.29) is 18.0 Å². The molecule has 2 amide bonds. The molecule has 3 rings (SSSR count). The predicted octanol–water partition coefficient (Wildman–Crippen LogP) is 2.50. The van der Waals surface area contributed by atoms with Crippen LogP contribution in [0.4, 0.5) is 4.79 Å². The number of carboxylic acid groups (broad SMARTS) is 1. The van der Waals surface area contributed by atoms with Crippen LogP contribution >= 0.6 is 11.6 Å². The summed E-state index contributed by atoms with van der Waals surface area (Å²) in [6.07, 6.45) is 2.16. The van der Waals surface area contributed by atoms with Crippen LogP contribution in [0.3, 0.4) is 0 Å². The number of carbonyl (C=O) groups is 2. The molecular formula is C18H23ClN2O4. The number of halogens is 1. The van der Waals surface area contributed by atoms with E-state index >= 15 is 0 Å². The number of hydrogen-bond acceptors (Lipinski definition) is 3. The topological polar surface area (TPSA) is 78.9 Å². The zero-order valence-electron chi connectivity index (χ0n) is 14.0. The van der Waals surface area contributed by atoms with Crippen molar-refractivity contribution in [2.45, 2.75) is 24.7 Å². The van der Waals surface area contributed by atoms with E-state index in [1.54, 1.807) is 4.90 Å². The van der Waals surface area contributed by atoms with Gasteiger partial charge in [0, 0.05) is 43.3 Å². The lowest BCUT2D eigenvalue weighted by atomic mass is 9.74. The first-order valence-corrected chi connectivity index (χ1v) is 8.97. The molecule has 2 aliphatic heterocycles. The second-order valence-electron chi connectivity index (χ2n) is 6.83. The number of urea groups is 1. The van der Waals surface area contributed by atoms with Crippen LogP contribution < -0.4 is 5.32 Å². The van der Waals surface area contributed by atoms with E-state index in [1.807, 2.05) is 24.3 Å². The Morgan fingerprint density at radius 1 is 1.28 bits per heavy atom. The minimum Gasteiger partial charge on any atom is -0.481 e. The molecule has 0 aromatic heterocycles. The maximum atomic E-state index is 12.5. The number of aliphatic carboxylic acids is 1. The summed E-state index contributed by atoms with van der Waals surface area (Å²) in [5.41, 5.74) is 0.968. The van der Waals surface area contributed by atoms with Crippen LogP contribution in [0.1, 0.15) is 24.8 Å². The van der Waals surface area contributed by atoms with Gasteiger partial charge in [-0.15, -0.1) is 0 Å². The summed E-state index contributed by atoms with van der Waals surface area (Å²) in [6.45, 7) is 2.58. The van der Waals surface area contributed by atoms with Crippen molar-refractivity contribution in [1.29, 1.82) is 0 Å². The van der Waals surface area contributed by atoms with Crippen LogP contribution in [0.25, 0.3) is 0 Å². The molecule has 1 aromatic rings. The highest BCUT2D eigenvalue weighted by molar-refractivity contribution is 6.30. The molecule has 2 N–H and O–H groups in total. The van der Waals surface area contributed by atoms with Crippen LogP contribution in [0.5, 0.6) is 0 Å². The molecule has 1 unspecified atom stereocenters. The van der Waals surface area contributed by atoms with Gasteiger partial charge in [0.25, 0.3) is 0 Å². The molecule has 0 aliphatic carbocycles. The molecule has 0 spiro atoms. The Labute approximate surface area is 152 Å². The van der Waals surface area contributed by atoms with Gasteiger partial charge in [-0.05, 0) is 37.0 Å². The van der Waals surface area contributed by atoms with E-state index in [1.165, 1.54) is 0 Å². The molecule has 1 aromatic carbocycles. The summed E-state index contributed by atoms with van der Waals surface area (Å²) in [5, 5.41) is 12.8. The van der Waals surface area contributed by atoms with Crippen LogP contribution in [-0.2, 0) is 14.9 Å². The molecule has 0 bridgehead atoms. The van der Waals surface area contributed by atoms with Gasteiger partial charge < -0.3 is 20.1 Å². The number of amides is 2. The van der Waals surface area contributed by atoms with Crippen molar-refractivity contribution in [1.82, 2.24) is 10.2 Å². The molecule has 7 heteroatoms. The monoisotopic (exact) mass is 366 g/mol. The van der Waals surface area contributed by atoms with Gasteiger partial charge in [-0.2, -0.15) is 0 Å².